The van der Waals surface area contributed by atoms with E-state index in [1.165, 1.54) is 0 Å². The number of hydrogen-bond donors (Lipinski definition) is 2. The van der Waals surface area contributed by atoms with Crippen LogP contribution in [0.3, 0.4) is 0 Å². The molecule has 3 aliphatic rings. The van der Waals surface area contributed by atoms with Gasteiger partial charge in [-0.3, -0.25) is 9.59 Å². The van der Waals surface area contributed by atoms with Gasteiger partial charge in [0.25, 0.3) is 5.91 Å². The van der Waals surface area contributed by atoms with E-state index in [1.807, 2.05) is 33.8 Å². The monoisotopic (exact) mass is 730 g/mol. The molecule has 1 aromatic heterocycles. The minimum atomic E-state index is -0.547. The summed E-state index contributed by atoms with van der Waals surface area (Å²) >= 11 is 0. The van der Waals surface area contributed by atoms with Crippen molar-refractivity contribution in [2.24, 2.45) is 0 Å². The highest BCUT2D eigenvalue weighted by molar-refractivity contribution is 6.04. The summed E-state index contributed by atoms with van der Waals surface area (Å²) in [6, 6.07) is 5.43. The smallest absolute Gasteiger partial charge is 0.410 e. The van der Waals surface area contributed by atoms with Crippen molar-refractivity contribution in [3.8, 4) is 18.1 Å². The Hall–Kier alpha value is -4.57. The second-order valence-electron chi connectivity index (χ2n) is 15.3. The Labute approximate surface area is 315 Å². The molecule has 288 valence electrons. The molecule has 1 aromatic carbocycles. The molecule has 1 atom stereocenters. The highest BCUT2D eigenvalue weighted by Gasteiger charge is 2.41. The second kappa shape index (κ2) is 18.0. The second-order valence-corrected chi connectivity index (χ2v) is 15.3. The van der Waals surface area contributed by atoms with Crippen LogP contribution in [0.25, 0.3) is 0 Å². The number of anilines is 4. The number of methoxy groups -OCH3 is 1. The van der Waals surface area contributed by atoms with E-state index in [-0.39, 0.29) is 36.0 Å². The zero-order chi connectivity index (χ0) is 38.1. The molecular formula is C40H58N8O5. The fourth-order valence-corrected chi connectivity index (χ4v) is 7.53. The zero-order valence-electron chi connectivity index (χ0n) is 32.4. The standard InChI is InChI=1S/C40H58N8O5/c1-8-10-22-47(39(51)53-40(3,4)5)23-14-13-21-46-24-19-29(20-25-46)42-36(49)28-17-18-31(34(26-28)52-7)43-38-41-27-33-35(44-38)48(30-15-11-12-16-30)32(9-2)37(50)45(33)6/h1,17-18,26-27,29-30,32H,9-16,19-25H2,2-7H3,(H,42,49)(H,41,43,44)/t32-/m1/s1. The summed E-state index contributed by atoms with van der Waals surface area (Å²) < 4.78 is 11.3. The number of nitrogens with zero attached hydrogens (tertiary/aromatic N) is 6. The number of ether oxygens (including phenoxy) is 2. The predicted octanol–water partition coefficient (Wildman–Crippen LogP) is 5.97. The molecule has 1 saturated heterocycles. The number of carbonyl (C=O) groups excluding carboxylic acids is 3. The maximum absolute atomic E-state index is 13.3. The van der Waals surface area contributed by atoms with Gasteiger partial charge in [-0.05, 0) is 90.5 Å². The number of aromatic nitrogens is 2. The number of piperidine rings is 1. The van der Waals surface area contributed by atoms with Gasteiger partial charge in [0.15, 0.2) is 5.82 Å². The largest absolute Gasteiger partial charge is 0.495 e. The molecule has 3 heterocycles. The lowest BCUT2D eigenvalue weighted by atomic mass is 10.0. The van der Waals surface area contributed by atoms with Crippen LogP contribution >= 0.6 is 0 Å². The van der Waals surface area contributed by atoms with Gasteiger partial charge in [0, 0.05) is 57.3 Å². The number of likely N-dealkylation sites (N-methyl/N-ethyl adjacent to an activating group) is 1. The van der Waals surface area contributed by atoms with Gasteiger partial charge in [-0.2, -0.15) is 4.98 Å². The predicted molar refractivity (Wildman–Crippen MR) is 208 cm³/mol. The number of likely N-dealkylation sites (tertiary alicyclic amines) is 1. The SMILES string of the molecule is C#CCCN(CCCCN1CCC(NC(=O)c2ccc(Nc3ncc4c(n3)N(C3CCCC3)[C@H](CC)C(=O)N4C)c(OC)c2)CC1)C(=O)OC(C)(C)C. The van der Waals surface area contributed by atoms with Gasteiger partial charge in [0.2, 0.25) is 11.9 Å². The van der Waals surface area contributed by atoms with Crippen molar-refractivity contribution in [3.05, 3.63) is 30.0 Å². The molecule has 1 aliphatic carbocycles. The van der Waals surface area contributed by atoms with Gasteiger partial charge in [0.1, 0.15) is 23.1 Å². The van der Waals surface area contributed by atoms with Crippen LogP contribution in [0, 0.1) is 12.3 Å². The molecule has 1 saturated carbocycles. The van der Waals surface area contributed by atoms with Crippen LogP contribution in [-0.2, 0) is 9.53 Å². The molecule has 5 rings (SSSR count). The molecule has 0 bridgehead atoms. The van der Waals surface area contributed by atoms with Crippen LogP contribution in [0.2, 0.25) is 0 Å². The number of amides is 3. The first-order valence-electron chi connectivity index (χ1n) is 19.2. The molecule has 53 heavy (non-hydrogen) atoms. The quantitative estimate of drug-likeness (QED) is 0.177. The number of terminal acetylenes is 1. The maximum atomic E-state index is 13.3. The van der Waals surface area contributed by atoms with Crippen molar-refractivity contribution in [3.63, 3.8) is 0 Å². The summed E-state index contributed by atoms with van der Waals surface area (Å²) in [6.07, 6.45) is 16.0. The third kappa shape index (κ3) is 10.1. The number of hydrogen-bond acceptors (Lipinski definition) is 10. The first-order valence-corrected chi connectivity index (χ1v) is 19.2. The Morgan fingerprint density at radius 1 is 1.09 bits per heavy atom. The fourth-order valence-electron chi connectivity index (χ4n) is 7.53. The van der Waals surface area contributed by atoms with Crippen LogP contribution in [0.1, 0.15) is 102 Å². The summed E-state index contributed by atoms with van der Waals surface area (Å²) in [5, 5.41) is 6.51. The number of benzene rings is 1. The minimum Gasteiger partial charge on any atom is -0.495 e. The van der Waals surface area contributed by atoms with Crippen molar-refractivity contribution in [2.45, 2.75) is 116 Å². The average Bonchev–Trinajstić information content (AvgIpc) is 3.67. The molecule has 0 unspecified atom stereocenters. The normalized spacial score (nSPS) is 18.4. The van der Waals surface area contributed by atoms with E-state index in [0.29, 0.717) is 54.6 Å². The van der Waals surface area contributed by atoms with E-state index in [1.54, 1.807) is 42.3 Å². The van der Waals surface area contributed by atoms with E-state index in [9.17, 15) is 14.4 Å². The van der Waals surface area contributed by atoms with Crippen molar-refractivity contribution in [2.75, 3.05) is 62.0 Å². The molecule has 2 N–H and O–H groups in total. The lowest BCUT2D eigenvalue weighted by Crippen LogP contribution is -2.55. The molecule has 0 spiro atoms. The highest BCUT2D eigenvalue weighted by atomic mass is 16.6. The van der Waals surface area contributed by atoms with Crippen molar-refractivity contribution >= 4 is 41.0 Å². The zero-order valence-corrected chi connectivity index (χ0v) is 32.4. The van der Waals surface area contributed by atoms with E-state index in [4.69, 9.17) is 20.9 Å². The van der Waals surface area contributed by atoms with Gasteiger partial charge >= 0.3 is 6.09 Å². The summed E-state index contributed by atoms with van der Waals surface area (Å²) in [4.78, 5) is 56.7. The van der Waals surface area contributed by atoms with Gasteiger partial charge < -0.3 is 39.7 Å². The topological polar surface area (TPSA) is 132 Å². The van der Waals surface area contributed by atoms with Gasteiger partial charge in [-0.25, -0.2) is 9.78 Å². The maximum Gasteiger partial charge on any atom is 0.410 e. The molecule has 13 nitrogen and oxygen atoms in total. The molecule has 13 heteroatoms. The van der Waals surface area contributed by atoms with E-state index >= 15 is 0 Å². The summed E-state index contributed by atoms with van der Waals surface area (Å²) in [5.74, 6) is 4.22. The molecule has 2 aliphatic heterocycles. The summed E-state index contributed by atoms with van der Waals surface area (Å²) in [6.45, 7) is 11.5. The van der Waals surface area contributed by atoms with Gasteiger partial charge in [-0.1, -0.05) is 19.8 Å². The minimum absolute atomic E-state index is 0.0745. The summed E-state index contributed by atoms with van der Waals surface area (Å²) in [5.41, 5.74) is 1.32. The molecule has 2 fully saturated rings. The molecular weight excluding hydrogens is 672 g/mol. The molecule has 0 radical (unpaired) electrons. The number of carbonyl (C=O) groups is 3. The van der Waals surface area contributed by atoms with Crippen molar-refractivity contribution in [1.82, 2.24) is 25.1 Å². The first-order chi connectivity index (χ1) is 25.4. The Morgan fingerprint density at radius 3 is 2.49 bits per heavy atom. The number of rotatable bonds is 14. The molecule has 2 aromatic rings. The van der Waals surface area contributed by atoms with E-state index < -0.39 is 5.60 Å². The van der Waals surface area contributed by atoms with Crippen LogP contribution in [0.4, 0.5) is 27.9 Å². The van der Waals surface area contributed by atoms with Crippen LogP contribution in [0.5, 0.6) is 5.75 Å². The van der Waals surface area contributed by atoms with E-state index in [0.717, 1.165) is 76.8 Å². The lowest BCUT2D eigenvalue weighted by Gasteiger charge is -2.43. The number of unbranched alkanes of at least 4 members (excludes halogenated alkanes) is 1. The Balaban J connectivity index is 1.13. The first kappa shape index (κ1) is 39.6. The van der Waals surface area contributed by atoms with Crippen molar-refractivity contribution in [1.29, 1.82) is 0 Å². The van der Waals surface area contributed by atoms with Crippen LogP contribution in [0.15, 0.2) is 24.4 Å². The van der Waals surface area contributed by atoms with Crippen LogP contribution < -0.4 is 25.2 Å². The Morgan fingerprint density at radius 2 is 1.83 bits per heavy atom. The lowest BCUT2D eigenvalue weighted by molar-refractivity contribution is -0.120. The number of nitrogens with one attached hydrogen (secondary N) is 2. The van der Waals surface area contributed by atoms with E-state index in [2.05, 4.69) is 31.3 Å². The Kier molecular flexibility index (Phi) is 13.4. The summed E-state index contributed by atoms with van der Waals surface area (Å²) in [7, 11) is 3.37. The van der Waals surface area contributed by atoms with Gasteiger partial charge in [0.05, 0.1) is 19.0 Å². The fraction of sp³-hybridized carbons (Fsp3) is 0.625. The third-order valence-corrected chi connectivity index (χ3v) is 10.4. The number of fused-ring (bicyclic) bond motifs is 1. The van der Waals surface area contributed by atoms with Gasteiger partial charge in [-0.15, -0.1) is 12.3 Å². The van der Waals surface area contributed by atoms with Crippen LogP contribution in [-0.4, -0.2) is 108 Å². The average molecular weight is 731 g/mol. The molecule has 3 amide bonds. The third-order valence-electron chi connectivity index (χ3n) is 10.4. The van der Waals surface area contributed by atoms with Crippen molar-refractivity contribution < 1.29 is 23.9 Å². The highest BCUT2D eigenvalue weighted by Crippen LogP contribution is 2.40. The Bertz CT molecular complexity index is 1620.